The van der Waals surface area contributed by atoms with E-state index in [1.165, 1.54) is 0 Å². The molecular weight excluding hydrogens is 252 g/mol. The lowest BCUT2D eigenvalue weighted by Crippen LogP contribution is -2.40. The number of aryl methyl sites for hydroxylation is 1. The molecule has 1 aromatic carbocycles. The van der Waals surface area contributed by atoms with Gasteiger partial charge in [0.2, 0.25) is 0 Å². The largest absolute Gasteiger partial charge is 0.328 e. The zero-order chi connectivity index (χ0) is 13.7. The predicted molar refractivity (Wildman–Crippen MR) is 73.1 cm³/mol. The Hall–Kier alpha value is -1.55. The van der Waals surface area contributed by atoms with Crippen molar-refractivity contribution in [1.29, 1.82) is 0 Å². The zero-order valence-electron chi connectivity index (χ0n) is 10.7. The highest BCUT2D eigenvalue weighted by Gasteiger charge is 2.13. The van der Waals surface area contributed by atoms with Gasteiger partial charge in [-0.1, -0.05) is 24.6 Å². The van der Waals surface area contributed by atoms with E-state index in [4.69, 9.17) is 11.6 Å². The first-order valence-corrected chi connectivity index (χ1v) is 6.18. The topological polar surface area (TPSA) is 58.2 Å². The van der Waals surface area contributed by atoms with Crippen molar-refractivity contribution < 1.29 is 9.59 Å². The minimum atomic E-state index is -0.490. The van der Waals surface area contributed by atoms with Crippen LogP contribution in [-0.4, -0.2) is 17.9 Å². The van der Waals surface area contributed by atoms with Gasteiger partial charge in [-0.25, -0.2) is 4.79 Å². The summed E-state index contributed by atoms with van der Waals surface area (Å²) in [5, 5.41) is 5.79. The molecule has 0 radical (unpaired) electrons. The highest BCUT2D eigenvalue weighted by Crippen LogP contribution is 2.19. The van der Waals surface area contributed by atoms with E-state index in [1.807, 2.05) is 13.0 Å². The van der Waals surface area contributed by atoms with Gasteiger partial charge in [-0.05, 0) is 31.5 Å². The number of benzene rings is 1. The van der Waals surface area contributed by atoms with Gasteiger partial charge in [-0.2, -0.15) is 0 Å². The van der Waals surface area contributed by atoms with Crippen LogP contribution >= 0.6 is 11.6 Å². The fourth-order valence-corrected chi connectivity index (χ4v) is 1.60. The second-order valence-electron chi connectivity index (χ2n) is 4.10. The van der Waals surface area contributed by atoms with Gasteiger partial charge in [0.15, 0.2) is 5.78 Å². The van der Waals surface area contributed by atoms with Crippen LogP contribution in [0.5, 0.6) is 0 Å². The SMILES string of the molecule is CCC(=O)C(C)NC(=O)Nc1ccc(C)c(Cl)c1. The van der Waals surface area contributed by atoms with E-state index < -0.39 is 12.1 Å². The van der Waals surface area contributed by atoms with Gasteiger partial charge in [0, 0.05) is 17.1 Å². The molecule has 0 aliphatic rings. The Kier molecular flexibility index (Phi) is 5.16. The first-order valence-electron chi connectivity index (χ1n) is 5.80. The average Bonchev–Trinajstić information content (AvgIpc) is 2.32. The standard InChI is InChI=1S/C13H17ClN2O2/c1-4-12(17)9(3)15-13(18)16-10-6-5-8(2)11(14)7-10/h5-7,9H,4H2,1-3H3,(H2,15,16,18). The van der Waals surface area contributed by atoms with Crippen LogP contribution < -0.4 is 10.6 Å². The van der Waals surface area contributed by atoms with E-state index in [-0.39, 0.29) is 5.78 Å². The number of amides is 2. The van der Waals surface area contributed by atoms with E-state index in [0.29, 0.717) is 17.1 Å². The summed E-state index contributed by atoms with van der Waals surface area (Å²) in [5.41, 5.74) is 1.54. The van der Waals surface area contributed by atoms with Crippen molar-refractivity contribution in [3.63, 3.8) is 0 Å². The van der Waals surface area contributed by atoms with Crippen LogP contribution in [0.2, 0.25) is 5.02 Å². The van der Waals surface area contributed by atoms with Gasteiger partial charge in [0.05, 0.1) is 6.04 Å². The molecule has 0 aliphatic heterocycles. The summed E-state index contributed by atoms with van der Waals surface area (Å²) in [6, 6.07) is 4.34. The third-order valence-corrected chi connectivity index (χ3v) is 3.02. The molecule has 0 bridgehead atoms. The third-order valence-electron chi connectivity index (χ3n) is 2.61. The fourth-order valence-electron chi connectivity index (χ4n) is 1.42. The first-order chi connectivity index (χ1) is 8.43. The van der Waals surface area contributed by atoms with Crippen LogP contribution in [0.25, 0.3) is 0 Å². The zero-order valence-corrected chi connectivity index (χ0v) is 11.5. The van der Waals surface area contributed by atoms with E-state index in [0.717, 1.165) is 5.56 Å². The highest BCUT2D eigenvalue weighted by atomic mass is 35.5. The third kappa shape index (κ3) is 4.04. The number of hydrogen-bond donors (Lipinski definition) is 2. The van der Waals surface area contributed by atoms with Crippen molar-refractivity contribution in [1.82, 2.24) is 5.32 Å². The molecule has 0 heterocycles. The molecule has 1 unspecified atom stereocenters. The van der Waals surface area contributed by atoms with Gasteiger partial charge in [0.25, 0.3) is 0 Å². The Bertz CT molecular complexity index is 460. The number of Topliss-reactive ketones (excluding diaryl/α,β-unsaturated/α-hetero) is 1. The summed E-state index contributed by atoms with van der Waals surface area (Å²) in [6.07, 6.45) is 0.401. The van der Waals surface area contributed by atoms with Gasteiger partial charge >= 0.3 is 6.03 Å². The number of carbonyl (C=O) groups excluding carboxylic acids is 2. The molecule has 1 atom stereocenters. The number of hydrogen-bond acceptors (Lipinski definition) is 2. The van der Waals surface area contributed by atoms with Gasteiger partial charge < -0.3 is 10.6 Å². The lowest BCUT2D eigenvalue weighted by atomic mass is 10.2. The number of urea groups is 1. The van der Waals surface area contributed by atoms with E-state index in [9.17, 15) is 9.59 Å². The number of nitrogens with one attached hydrogen (secondary N) is 2. The molecule has 0 saturated carbocycles. The summed E-state index contributed by atoms with van der Waals surface area (Å²) < 4.78 is 0. The lowest BCUT2D eigenvalue weighted by molar-refractivity contribution is -0.120. The van der Waals surface area contributed by atoms with Crippen molar-refractivity contribution in [3.8, 4) is 0 Å². The molecule has 0 aromatic heterocycles. The summed E-state index contributed by atoms with van der Waals surface area (Å²) in [5.74, 6) is -0.00733. The van der Waals surface area contributed by atoms with Crippen molar-refractivity contribution in [2.24, 2.45) is 0 Å². The van der Waals surface area contributed by atoms with Crippen LogP contribution in [0.4, 0.5) is 10.5 Å². The quantitative estimate of drug-likeness (QED) is 0.881. The number of halogens is 1. The number of rotatable bonds is 4. The van der Waals surface area contributed by atoms with Gasteiger partial charge in [0.1, 0.15) is 0 Å². The summed E-state index contributed by atoms with van der Waals surface area (Å²) >= 11 is 5.95. The van der Waals surface area contributed by atoms with E-state index in [2.05, 4.69) is 10.6 Å². The minimum absolute atomic E-state index is 0.00733. The van der Waals surface area contributed by atoms with Crippen LogP contribution in [0.3, 0.4) is 0 Å². The molecule has 4 nitrogen and oxygen atoms in total. The van der Waals surface area contributed by atoms with Gasteiger partial charge in [-0.3, -0.25) is 4.79 Å². The normalized spacial score (nSPS) is 11.8. The van der Waals surface area contributed by atoms with Crippen LogP contribution in [0.1, 0.15) is 25.8 Å². The van der Waals surface area contributed by atoms with Crippen molar-refractivity contribution in [2.75, 3.05) is 5.32 Å². The first kappa shape index (κ1) is 14.5. The minimum Gasteiger partial charge on any atom is -0.328 e. The Morgan fingerprint density at radius 2 is 2.06 bits per heavy atom. The van der Waals surface area contributed by atoms with Crippen LogP contribution in [-0.2, 0) is 4.79 Å². The summed E-state index contributed by atoms with van der Waals surface area (Å²) in [6.45, 7) is 5.31. The molecule has 0 aliphatic carbocycles. The maximum absolute atomic E-state index is 11.6. The van der Waals surface area contributed by atoms with Crippen molar-refractivity contribution in [3.05, 3.63) is 28.8 Å². The molecule has 0 spiro atoms. The second-order valence-corrected chi connectivity index (χ2v) is 4.51. The van der Waals surface area contributed by atoms with E-state index >= 15 is 0 Å². The molecule has 18 heavy (non-hydrogen) atoms. The molecular formula is C13H17ClN2O2. The Morgan fingerprint density at radius 1 is 1.39 bits per heavy atom. The van der Waals surface area contributed by atoms with Crippen molar-refractivity contribution >= 4 is 29.1 Å². The Labute approximate surface area is 112 Å². The number of carbonyl (C=O) groups is 2. The summed E-state index contributed by atoms with van der Waals surface area (Å²) in [4.78, 5) is 23.0. The molecule has 2 amide bonds. The van der Waals surface area contributed by atoms with Crippen LogP contribution in [0, 0.1) is 6.92 Å². The molecule has 0 saturated heterocycles. The van der Waals surface area contributed by atoms with Crippen LogP contribution in [0.15, 0.2) is 18.2 Å². The molecule has 98 valence electrons. The molecule has 1 rings (SSSR count). The molecule has 2 N–H and O–H groups in total. The predicted octanol–water partition coefficient (Wildman–Crippen LogP) is 3.14. The molecule has 0 fully saturated rings. The smallest absolute Gasteiger partial charge is 0.319 e. The van der Waals surface area contributed by atoms with Crippen molar-refractivity contribution in [2.45, 2.75) is 33.2 Å². The second kappa shape index (κ2) is 6.40. The maximum Gasteiger partial charge on any atom is 0.319 e. The van der Waals surface area contributed by atoms with E-state index in [1.54, 1.807) is 26.0 Å². The number of anilines is 1. The Morgan fingerprint density at radius 3 is 2.61 bits per heavy atom. The number of ketones is 1. The molecule has 1 aromatic rings. The summed E-state index contributed by atoms with van der Waals surface area (Å²) in [7, 11) is 0. The monoisotopic (exact) mass is 268 g/mol. The molecule has 5 heteroatoms. The highest BCUT2D eigenvalue weighted by molar-refractivity contribution is 6.31. The van der Waals surface area contributed by atoms with Gasteiger partial charge in [-0.15, -0.1) is 0 Å². The Balaban J connectivity index is 2.59. The fraction of sp³-hybridized carbons (Fsp3) is 0.385. The maximum atomic E-state index is 11.6. The lowest BCUT2D eigenvalue weighted by Gasteiger charge is -2.13. The average molecular weight is 269 g/mol.